The molecule has 1 aliphatic rings. The van der Waals surface area contributed by atoms with Crippen molar-refractivity contribution in [3.8, 4) is 11.5 Å². The van der Waals surface area contributed by atoms with E-state index in [1.165, 1.54) is 0 Å². The lowest BCUT2D eigenvalue weighted by atomic mass is 10.1. The summed E-state index contributed by atoms with van der Waals surface area (Å²) >= 11 is 0. The normalized spacial score (nSPS) is 15.9. The molecule has 0 amide bonds. The van der Waals surface area contributed by atoms with Gasteiger partial charge < -0.3 is 19.9 Å². The van der Waals surface area contributed by atoms with Gasteiger partial charge in [-0.2, -0.15) is 0 Å². The number of ether oxygens (including phenoxy) is 2. The second kappa shape index (κ2) is 7.36. The molecular formula is C15H23NO3. The lowest BCUT2D eigenvalue weighted by molar-refractivity contribution is 0.181. The first-order valence-electron chi connectivity index (χ1n) is 7.03. The van der Waals surface area contributed by atoms with Crippen LogP contribution in [0.3, 0.4) is 0 Å². The minimum Gasteiger partial charge on any atom is -0.490 e. The molecule has 1 unspecified atom stereocenters. The van der Waals surface area contributed by atoms with Crippen molar-refractivity contribution in [1.29, 1.82) is 0 Å². The van der Waals surface area contributed by atoms with Crippen molar-refractivity contribution in [3.63, 3.8) is 0 Å². The highest BCUT2D eigenvalue weighted by Gasteiger charge is 2.13. The van der Waals surface area contributed by atoms with Gasteiger partial charge in [-0.3, -0.25) is 0 Å². The number of aliphatic hydroxyl groups is 1. The highest BCUT2D eigenvalue weighted by molar-refractivity contribution is 5.46. The summed E-state index contributed by atoms with van der Waals surface area (Å²) in [6.45, 7) is 4.92. The largest absolute Gasteiger partial charge is 0.490 e. The van der Waals surface area contributed by atoms with Crippen LogP contribution in [0.2, 0.25) is 0 Å². The van der Waals surface area contributed by atoms with Gasteiger partial charge in [0, 0.05) is 18.5 Å². The van der Waals surface area contributed by atoms with Crippen LogP contribution >= 0.6 is 0 Å². The smallest absolute Gasteiger partial charge is 0.165 e. The number of para-hydroxylation sites is 1. The molecule has 0 spiro atoms. The molecule has 2 rings (SSSR count). The minimum absolute atomic E-state index is 0.216. The molecule has 19 heavy (non-hydrogen) atoms. The summed E-state index contributed by atoms with van der Waals surface area (Å²) in [4.78, 5) is 0. The third-order valence-corrected chi connectivity index (χ3v) is 3.14. The van der Waals surface area contributed by atoms with Gasteiger partial charge in [0.25, 0.3) is 0 Å². The van der Waals surface area contributed by atoms with Gasteiger partial charge in [0.1, 0.15) is 0 Å². The van der Waals surface area contributed by atoms with E-state index in [2.05, 4.69) is 11.4 Å². The highest BCUT2D eigenvalue weighted by Crippen LogP contribution is 2.33. The summed E-state index contributed by atoms with van der Waals surface area (Å²) in [5.74, 6) is 1.73. The van der Waals surface area contributed by atoms with Crippen LogP contribution < -0.4 is 14.8 Å². The zero-order valence-electron chi connectivity index (χ0n) is 11.5. The predicted molar refractivity (Wildman–Crippen MR) is 74.7 cm³/mol. The Morgan fingerprint density at radius 3 is 3.00 bits per heavy atom. The van der Waals surface area contributed by atoms with E-state index in [1.807, 2.05) is 19.1 Å². The summed E-state index contributed by atoms with van der Waals surface area (Å²) in [5.41, 5.74) is 1.14. The number of benzene rings is 1. The van der Waals surface area contributed by atoms with Gasteiger partial charge in [-0.25, -0.2) is 0 Å². The maximum atomic E-state index is 9.19. The molecule has 1 heterocycles. The van der Waals surface area contributed by atoms with E-state index < -0.39 is 0 Å². The maximum absolute atomic E-state index is 9.19. The Balaban J connectivity index is 1.86. The number of rotatable bonds is 6. The molecule has 0 saturated carbocycles. The number of hydrogen-bond donors (Lipinski definition) is 2. The van der Waals surface area contributed by atoms with Crippen molar-refractivity contribution in [1.82, 2.24) is 5.32 Å². The summed E-state index contributed by atoms with van der Waals surface area (Å²) in [6, 6.07) is 6.02. The first-order chi connectivity index (χ1) is 9.27. The van der Waals surface area contributed by atoms with E-state index in [-0.39, 0.29) is 6.10 Å². The molecule has 0 aliphatic carbocycles. The molecule has 1 aromatic carbocycles. The average Bonchev–Trinajstić information content (AvgIpc) is 2.63. The van der Waals surface area contributed by atoms with E-state index in [9.17, 15) is 5.11 Å². The van der Waals surface area contributed by atoms with E-state index in [4.69, 9.17) is 9.47 Å². The van der Waals surface area contributed by atoms with Crippen LogP contribution in [-0.2, 0) is 6.54 Å². The molecule has 0 radical (unpaired) electrons. The van der Waals surface area contributed by atoms with E-state index >= 15 is 0 Å². The molecule has 0 saturated heterocycles. The minimum atomic E-state index is -0.216. The van der Waals surface area contributed by atoms with Gasteiger partial charge in [0.05, 0.1) is 19.3 Å². The maximum Gasteiger partial charge on any atom is 0.165 e. The van der Waals surface area contributed by atoms with Crippen molar-refractivity contribution in [2.24, 2.45) is 0 Å². The van der Waals surface area contributed by atoms with Gasteiger partial charge in [-0.1, -0.05) is 12.1 Å². The molecule has 0 bridgehead atoms. The summed E-state index contributed by atoms with van der Waals surface area (Å²) in [7, 11) is 0. The quantitative estimate of drug-likeness (QED) is 0.773. The van der Waals surface area contributed by atoms with Gasteiger partial charge >= 0.3 is 0 Å². The Morgan fingerprint density at radius 1 is 1.32 bits per heavy atom. The third kappa shape index (κ3) is 4.40. The van der Waals surface area contributed by atoms with Gasteiger partial charge in [-0.15, -0.1) is 0 Å². The Labute approximate surface area is 114 Å². The topological polar surface area (TPSA) is 50.7 Å². The molecule has 106 valence electrons. The van der Waals surface area contributed by atoms with Crippen LogP contribution in [-0.4, -0.2) is 31.0 Å². The lowest BCUT2D eigenvalue weighted by Gasteiger charge is -2.13. The van der Waals surface area contributed by atoms with Crippen molar-refractivity contribution >= 4 is 0 Å². The molecular weight excluding hydrogens is 242 g/mol. The predicted octanol–water partition coefficient (Wildman–Crippen LogP) is 2.10. The molecule has 4 heteroatoms. The summed E-state index contributed by atoms with van der Waals surface area (Å²) < 4.78 is 11.4. The molecule has 2 N–H and O–H groups in total. The van der Waals surface area contributed by atoms with Crippen LogP contribution in [0.4, 0.5) is 0 Å². The molecule has 1 aliphatic heterocycles. The van der Waals surface area contributed by atoms with Crippen LogP contribution in [0.1, 0.15) is 31.7 Å². The van der Waals surface area contributed by atoms with E-state index in [1.54, 1.807) is 0 Å². The summed E-state index contributed by atoms with van der Waals surface area (Å²) in [6.07, 6.45) is 2.52. The Hall–Kier alpha value is -1.26. The molecule has 4 nitrogen and oxygen atoms in total. The van der Waals surface area contributed by atoms with Crippen molar-refractivity contribution in [3.05, 3.63) is 23.8 Å². The second-order valence-electron chi connectivity index (χ2n) is 4.96. The Morgan fingerprint density at radius 2 is 2.16 bits per heavy atom. The van der Waals surface area contributed by atoms with Gasteiger partial charge in [0.15, 0.2) is 11.5 Å². The number of hydrogen-bond acceptors (Lipinski definition) is 4. The fourth-order valence-corrected chi connectivity index (χ4v) is 2.14. The zero-order chi connectivity index (χ0) is 13.5. The average molecular weight is 265 g/mol. The monoisotopic (exact) mass is 265 g/mol. The SMILES string of the molecule is CC(O)CCCNCc1cccc2c1OCCCO2. The molecule has 1 aromatic rings. The van der Waals surface area contributed by atoms with Crippen LogP contribution in [0.5, 0.6) is 11.5 Å². The van der Waals surface area contributed by atoms with Crippen LogP contribution in [0.15, 0.2) is 18.2 Å². The molecule has 0 aromatic heterocycles. The van der Waals surface area contributed by atoms with Crippen molar-refractivity contribution < 1.29 is 14.6 Å². The van der Waals surface area contributed by atoms with Crippen molar-refractivity contribution in [2.45, 2.75) is 38.8 Å². The van der Waals surface area contributed by atoms with E-state index in [0.29, 0.717) is 6.61 Å². The first-order valence-corrected chi connectivity index (χ1v) is 7.03. The standard InChI is InChI=1S/C15H23NO3/c1-12(17)5-3-8-16-11-13-6-2-7-14-15(13)19-10-4-9-18-14/h2,6-7,12,16-17H,3-5,8-11H2,1H3. The molecule has 1 atom stereocenters. The van der Waals surface area contributed by atoms with Gasteiger partial charge in [0.2, 0.25) is 0 Å². The number of aliphatic hydroxyl groups excluding tert-OH is 1. The highest BCUT2D eigenvalue weighted by atomic mass is 16.5. The Bertz CT molecular complexity index is 393. The van der Waals surface area contributed by atoms with Gasteiger partial charge in [-0.05, 0) is 32.4 Å². The third-order valence-electron chi connectivity index (χ3n) is 3.14. The lowest BCUT2D eigenvalue weighted by Crippen LogP contribution is -2.17. The molecule has 0 fully saturated rings. The zero-order valence-corrected chi connectivity index (χ0v) is 11.5. The fraction of sp³-hybridized carbons (Fsp3) is 0.600. The number of nitrogens with one attached hydrogen (secondary N) is 1. The van der Waals surface area contributed by atoms with Crippen LogP contribution in [0.25, 0.3) is 0 Å². The van der Waals surface area contributed by atoms with E-state index in [0.717, 1.165) is 56.0 Å². The Kier molecular flexibility index (Phi) is 5.48. The first kappa shape index (κ1) is 14.2. The summed E-state index contributed by atoms with van der Waals surface area (Å²) in [5, 5.41) is 12.6. The second-order valence-corrected chi connectivity index (χ2v) is 4.96. The fourth-order valence-electron chi connectivity index (χ4n) is 2.14. The number of fused-ring (bicyclic) bond motifs is 1. The van der Waals surface area contributed by atoms with Crippen LogP contribution in [0, 0.1) is 0 Å². The van der Waals surface area contributed by atoms with Crippen molar-refractivity contribution in [2.75, 3.05) is 19.8 Å².